The van der Waals surface area contributed by atoms with Gasteiger partial charge >= 0.3 is 0 Å². The summed E-state index contributed by atoms with van der Waals surface area (Å²) in [6.07, 6.45) is 24.8. The molecule has 0 rings (SSSR count). The molecule has 1 unspecified atom stereocenters. The van der Waals surface area contributed by atoms with Gasteiger partial charge in [-0.2, -0.15) is 0 Å². The minimum atomic E-state index is 0.451. The Morgan fingerprint density at radius 1 is 0.545 bits per heavy atom. The number of methoxy groups -OCH3 is 1. The van der Waals surface area contributed by atoms with Crippen molar-refractivity contribution in [1.29, 1.82) is 0 Å². The van der Waals surface area contributed by atoms with Crippen LogP contribution in [0.3, 0.4) is 0 Å². The molecule has 0 aromatic carbocycles. The van der Waals surface area contributed by atoms with Crippen LogP contribution in [0.2, 0.25) is 0 Å². The largest absolute Gasteiger partial charge is 0.382 e. The van der Waals surface area contributed by atoms with E-state index in [2.05, 4.69) is 13.8 Å². The lowest BCUT2D eigenvalue weighted by Gasteiger charge is -2.08. The molecule has 0 heterocycles. The molecule has 0 spiro atoms. The molecule has 0 N–H and O–H groups in total. The number of rotatable bonds is 18. The summed E-state index contributed by atoms with van der Waals surface area (Å²) in [6, 6.07) is 0. The Labute approximate surface area is 141 Å². The van der Waals surface area contributed by atoms with Gasteiger partial charge in [0.15, 0.2) is 0 Å². The molecule has 0 aliphatic carbocycles. The van der Waals surface area contributed by atoms with E-state index in [1.54, 1.807) is 0 Å². The van der Waals surface area contributed by atoms with Gasteiger partial charge in [-0.15, -0.1) is 0 Å². The van der Waals surface area contributed by atoms with Gasteiger partial charge in [0, 0.05) is 7.11 Å². The zero-order valence-electron chi connectivity index (χ0n) is 16.0. The fraction of sp³-hybridized carbons (Fsp3) is 1.00. The molecule has 0 aliphatic heterocycles. The van der Waals surface area contributed by atoms with Crippen LogP contribution in [0.1, 0.15) is 123 Å². The van der Waals surface area contributed by atoms with Crippen LogP contribution in [0.4, 0.5) is 0 Å². The zero-order valence-corrected chi connectivity index (χ0v) is 16.0. The Hall–Kier alpha value is -0.0400. The predicted octanol–water partition coefficient (Wildman–Crippen LogP) is 7.67. The lowest BCUT2D eigenvalue weighted by Crippen LogP contribution is -2.03. The van der Waals surface area contributed by atoms with E-state index in [0.29, 0.717) is 6.10 Å². The monoisotopic (exact) mass is 312 g/mol. The summed E-state index contributed by atoms with van der Waals surface area (Å²) in [5.41, 5.74) is 0. The zero-order chi connectivity index (χ0) is 16.3. The molecule has 0 fully saturated rings. The fourth-order valence-electron chi connectivity index (χ4n) is 3.10. The maximum Gasteiger partial charge on any atom is 0.0543 e. The molecular weight excluding hydrogens is 268 g/mol. The third-order valence-corrected chi connectivity index (χ3v) is 4.87. The third-order valence-electron chi connectivity index (χ3n) is 4.87. The normalized spacial score (nSPS) is 12.7. The second-order valence-electron chi connectivity index (χ2n) is 7.14. The molecule has 0 saturated heterocycles. The van der Waals surface area contributed by atoms with Crippen molar-refractivity contribution in [3.8, 4) is 0 Å². The summed E-state index contributed by atoms with van der Waals surface area (Å²) in [4.78, 5) is 0. The van der Waals surface area contributed by atoms with Crippen LogP contribution in [-0.4, -0.2) is 13.2 Å². The van der Waals surface area contributed by atoms with Crippen LogP contribution in [0, 0.1) is 0 Å². The molecule has 22 heavy (non-hydrogen) atoms. The molecular formula is C21H44O. The molecule has 0 aromatic rings. The Bertz CT molecular complexity index is 190. The maximum atomic E-state index is 5.27. The Morgan fingerprint density at radius 2 is 0.864 bits per heavy atom. The molecule has 1 atom stereocenters. The SMILES string of the molecule is CCCCCCCCCCCCCCCCCCC(C)OC. The second-order valence-corrected chi connectivity index (χ2v) is 7.14. The van der Waals surface area contributed by atoms with Gasteiger partial charge < -0.3 is 4.74 Å². The Kier molecular flexibility index (Phi) is 19.0. The standard InChI is InChI=1S/C21H44O/c1-4-5-6-7-8-9-10-11-12-13-14-15-16-17-18-19-20-21(2)22-3/h21H,4-20H2,1-3H3. The summed E-state index contributed by atoms with van der Waals surface area (Å²) in [5.74, 6) is 0. The van der Waals surface area contributed by atoms with Crippen molar-refractivity contribution in [1.82, 2.24) is 0 Å². The van der Waals surface area contributed by atoms with E-state index in [1.807, 2.05) is 7.11 Å². The highest BCUT2D eigenvalue weighted by molar-refractivity contribution is 4.52. The van der Waals surface area contributed by atoms with Crippen LogP contribution in [0.15, 0.2) is 0 Å². The topological polar surface area (TPSA) is 9.23 Å². The molecule has 0 aromatic heterocycles. The lowest BCUT2D eigenvalue weighted by molar-refractivity contribution is 0.108. The Balaban J connectivity index is 2.97. The first kappa shape index (κ1) is 22.0. The van der Waals surface area contributed by atoms with Gasteiger partial charge in [-0.3, -0.25) is 0 Å². The van der Waals surface area contributed by atoms with E-state index >= 15 is 0 Å². The van der Waals surface area contributed by atoms with Gasteiger partial charge in [-0.05, 0) is 13.3 Å². The molecule has 1 nitrogen and oxygen atoms in total. The van der Waals surface area contributed by atoms with Gasteiger partial charge in [-0.1, -0.05) is 110 Å². The van der Waals surface area contributed by atoms with E-state index in [-0.39, 0.29) is 0 Å². The van der Waals surface area contributed by atoms with Gasteiger partial charge in [0.2, 0.25) is 0 Å². The minimum Gasteiger partial charge on any atom is -0.382 e. The van der Waals surface area contributed by atoms with Crippen LogP contribution in [0.25, 0.3) is 0 Å². The van der Waals surface area contributed by atoms with E-state index in [0.717, 1.165) is 0 Å². The first-order valence-corrected chi connectivity index (χ1v) is 10.3. The van der Waals surface area contributed by atoms with Crippen molar-refractivity contribution >= 4 is 0 Å². The van der Waals surface area contributed by atoms with Crippen molar-refractivity contribution in [2.45, 2.75) is 129 Å². The van der Waals surface area contributed by atoms with Crippen LogP contribution < -0.4 is 0 Å². The molecule has 0 aliphatic rings. The number of hydrogen-bond donors (Lipinski definition) is 0. The summed E-state index contributed by atoms with van der Waals surface area (Å²) in [6.45, 7) is 4.47. The van der Waals surface area contributed by atoms with Crippen molar-refractivity contribution in [3.63, 3.8) is 0 Å². The van der Waals surface area contributed by atoms with Crippen LogP contribution in [-0.2, 0) is 4.74 Å². The number of ether oxygens (including phenoxy) is 1. The summed E-state index contributed by atoms with van der Waals surface area (Å²) in [7, 11) is 1.82. The van der Waals surface area contributed by atoms with Gasteiger partial charge in [0.25, 0.3) is 0 Å². The Morgan fingerprint density at radius 3 is 1.18 bits per heavy atom. The van der Waals surface area contributed by atoms with Crippen molar-refractivity contribution in [2.75, 3.05) is 7.11 Å². The first-order valence-electron chi connectivity index (χ1n) is 10.3. The smallest absolute Gasteiger partial charge is 0.0543 e. The molecule has 0 amide bonds. The van der Waals surface area contributed by atoms with E-state index in [4.69, 9.17) is 4.74 Å². The highest BCUT2D eigenvalue weighted by Crippen LogP contribution is 2.14. The predicted molar refractivity (Wildman–Crippen MR) is 101 cm³/mol. The quantitative estimate of drug-likeness (QED) is 0.236. The van der Waals surface area contributed by atoms with Crippen molar-refractivity contribution in [2.24, 2.45) is 0 Å². The van der Waals surface area contributed by atoms with E-state index < -0.39 is 0 Å². The molecule has 0 saturated carbocycles. The van der Waals surface area contributed by atoms with Gasteiger partial charge in [0.1, 0.15) is 0 Å². The molecule has 1 heteroatoms. The van der Waals surface area contributed by atoms with Crippen LogP contribution in [0.5, 0.6) is 0 Å². The van der Waals surface area contributed by atoms with E-state index in [9.17, 15) is 0 Å². The van der Waals surface area contributed by atoms with Crippen molar-refractivity contribution < 1.29 is 4.74 Å². The molecule has 0 bridgehead atoms. The molecule has 0 radical (unpaired) electrons. The minimum absolute atomic E-state index is 0.451. The maximum absolute atomic E-state index is 5.27. The summed E-state index contributed by atoms with van der Waals surface area (Å²) in [5, 5.41) is 0. The molecule has 134 valence electrons. The summed E-state index contributed by atoms with van der Waals surface area (Å²) >= 11 is 0. The summed E-state index contributed by atoms with van der Waals surface area (Å²) < 4.78 is 5.27. The number of hydrogen-bond acceptors (Lipinski definition) is 1. The highest BCUT2D eigenvalue weighted by atomic mass is 16.5. The first-order chi connectivity index (χ1) is 10.8. The highest BCUT2D eigenvalue weighted by Gasteiger charge is 1.98. The van der Waals surface area contributed by atoms with E-state index in [1.165, 1.54) is 109 Å². The second kappa shape index (κ2) is 19.0. The third kappa shape index (κ3) is 18.0. The number of unbranched alkanes of at least 4 members (excludes halogenated alkanes) is 15. The van der Waals surface area contributed by atoms with Crippen LogP contribution >= 0.6 is 0 Å². The van der Waals surface area contributed by atoms with Crippen molar-refractivity contribution in [3.05, 3.63) is 0 Å². The van der Waals surface area contributed by atoms with Gasteiger partial charge in [-0.25, -0.2) is 0 Å². The lowest BCUT2D eigenvalue weighted by atomic mass is 10.0. The van der Waals surface area contributed by atoms with Gasteiger partial charge in [0.05, 0.1) is 6.10 Å². The average Bonchev–Trinajstić information content (AvgIpc) is 2.54. The average molecular weight is 313 g/mol. The fourth-order valence-corrected chi connectivity index (χ4v) is 3.10.